The largest absolute Gasteiger partial charge is 0.479 e. The molecule has 5 rings (SSSR count). The molecule has 0 saturated carbocycles. The fraction of sp³-hybridized carbons (Fsp3) is 0.269. The number of aromatic nitrogens is 4. The Morgan fingerprint density at radius 3 is 2.29 bits per heavy atom. The smallest absolute Gasteiger partial charge is 0.348 e. The van der Waals surface area contributed by atoms with Gasteiger partial charge in [0.2, 0.25) is 5.28 Å². The second kappa shape index (κ2) is 11.0. The zero-order chi connectivity index (χ0) is 29.5. The molecule has 0 bridgehead atoms. The first kappa shape index (κ1) is 28.3. The summed E-state index contributed by atoms with van der Waals surface area (Å²) in [4.78, 5) is 36.2. The molecule has 2 aromatic heterocycles. The van der Waals surface area contributed by atoms with Crippen LogP contribution in [0.5, 0.6) is 0 Å². The number of ether oxygens (including phenoxy) is 2. The molecule has 4 atom stereocenters. The summed E-state index contributed by atoms with van der Waals surface area (Å²) in [7, 11) is 0. The van der Waals surface area contributed by atoms with Crippen LogP contribution in [0.4, 0.5) is 14.6 Å². The molecular formula is C26H22ClF2N5O7. The van der Waals surface area contributed by atoms with Crippen LogP contribution in [-0.2, 0) is 25.5 Å². The van der Waals surface area contributed by atoms with Crippen LogP contribution in [-0.4, -0.2) is 77.4 Å². The predicted octanol–water partition coefficient (Wildman–Crippen LogP) is 2.63. The number of carboxylic acids is 2. The molecule has 0 radical (unpaired) electrons. The molecular weight excluding hydrogens is 568 g/mol. The molecule has 5 N–H and O–H groups in total. The lowest BCUT2D eigenvalue weighted by Crippen LogP contribution is -2.52. The Kier molecular flexibility index (Phi) is 7.57. The summed E-state index contributed by atoms with van der Waals surface area (Å²) in [6.45, 7) is -0.783. The second-order valence-electron chi connectivity index (χ2n) is 9.33. The van der Waals surface area contributed by atoms with E-state index in [0.717, 1.165) is 10.9 Å². The molecule has 4 aromatic rings. The van der Waals surface area contributed by atoms with Gasteiger partial charge in [-0.25, -0.2) is 23.4 Å². The van der Waals surface area contributed by atoms with E-state index in [9.17, 15) is 29.3 Å². The number of rotatable bonds is 9. The van der Waals surface area contributed by atoms with E-state index in [0.29, 0.717) is 16.7 Å². The quantitative estimate of drug-likeness (QED) is 0.166. The van der Waals surface area contributed by atoms with Gasteiger partial charge in [0, 0.05) is 6.42 Å². The number of aliphatic hydroxyl groups is 1. The van der Waals surface area contributed by atoms with Gasteiger partial charge in [0.1, 0.15) is 23.5 Å². The summed E-state index contributed by atoms with van der Waals surface area (Å²) in [5.74, 6) is -4.09. The highest BCUT2D eigenvalue weighted by atomic mass is 35.5. The lowest BCUT2D eigenvalue weighted by Gasteiger charge is -2.27. The number of halogens is 3. The number of anilines is 1. The van der Waals surface area contributed by atoms with E-state index >= 15 is 4.39 Å². The van der Waals surface area contributed by atoms with Crippen LogP contribution in [0.2, 0.25) is 5.28 Å². The first-order chi connectivity index (χ1) is 19.5. The fourth-order valence-corrected chi connectivity index (χ4v) is 4.72. The van der Waals surface area contributed by atoms with Gasteiger partial charge in [-0.05, 0) is 40.4 Å². The Labute approximate surface area is 234 Å². The van der Waals surface area contributed by atoms with Gasteiger partial charge in [0.05, 0.1) is 12.9 Å². The number of nitrogen functional groups attached to an aromatic ring is 1. The maximum Gasteiger partial charge on any atom is 0.348 e. The monoisotopic (exact) mass is 589 g/mol. The fourth-order valence-electron chi connectivity index (χ4n) is 4.55. The summed E-state index contributed by atoms with van der Waals surface area (Å²) >= 11 is 5.85. The summed E-state index contributed by atoms with van der Waals surface area (Å²) in [6.07, 6.45) is -6.26. The lowest BCUT2D eigenvalue weighted by molar-refractivity contribution is -0.190. The average molecular weight is 590 g/mol. The maximum atomic E-state index is 15.2. The summed E-state index contributed by atoms with van der Waals surface area (Å²) in [5, 5.41) is 30.1. The van der Waals surface area contributed by atoms with E-state index in [4.69, 9.17) is 26.8 Å². The van der Waals surface area contributed by atoms with Crippen molar-refractivity contribution in [3.05, 3.63) is 71.5 Å². The molecule has 1 fully saturated rings. The van der Waals surface area contributed by atoms with Crippen molar-refractivity contribution in [3.8, 4) is 11.1 Å². The van der Waals surface area contributed by atoms with Gasteiger partial charge in [-0.15, -0.1) is 0 Å². The van der Waals surface area contributed by atoms with Crippen molar-refractivity contribution < 1.29 is 43.2 Å². The Balaban J connectivity index is 1.34. The van der Waals surface area contributed by atoms with Crippen LogP contribution in [0.15, 0.2) is 54.9 Å². The molecule has 214 valence electrons. The Bertz CT molecular complexity index is 1590. The standard InChI is InChI=1S/C26H22ClF2N5O7/c27-25-32-20(30)18-21(33-25)34(11-31-18)22-17(29)19(35)16(41-22)10-40-26(23(36)37,24(38)39)9-12-1-3-13(4-2-12)14-5-7-15(28)8-6-14/h1-8,11,16-17,19,22,35H,9-10H2,(H,36,37)(H,38,39)(H2,30,32,33)/t16-,17+,19-,22-/m1/s1. The van der Waals surface area contributed by atoms with Gasteiger partial charge in [-0.1, -0.05) is 36.4 Å². The molecule has 41 heavy (non-hydrogen) atoms. The zero-order valence-corrected chi connectivity index (χ0v) is 21.7. The third-order valence-electron chi connectivity index (χ3n) is 6.76. The minimum atomic E-state index is -2.79. The van der Waals surface area contributed by atoms with Crippen molar-refractivity contribution in [1.82, 2.24) is 19.5 Å². The van der Waals surface area contributed by atoms with Crippen molar-refractivity contribution in [3.63, 3.8) is 0 Å². The van der Waals surface area contributed by atoms with Gasteiger partial charge in [-0.2, -0.15) is 9.97 Å². The second-order valence-corrected chi connectivity index (χ2v) is 9.67. The highest BCUT2D eigenvalue weighted by Gasteiger charge is 2.52. The van der Waals surface area contributed by atoms with E-state index in [1.165, 1.54) is 24.3 Å². The number of aliphatic hydroxyl groups excluding tert-OH is 1. The molecule has 15 heteroatoms. The van der Waals surface area contributed by atoms with E-state index in [2.05, 4.69) is 15.0 Å². The normalized spacial score (nSPS) is 20.9. The SMILES string of the molecule is Nc1nc(Cl)nc2c1ncn2[C@@H]1O[C@H](COC(Cc2ccc(-c3ccc(F)cc3)cc2)(C(=O)O)C(=O)O)[C@@H](O)[C@@H]1F. The van der Waals surface area contributed by atoms with Crippen molar-refractivity contribution in [2.24, 2.45) is 0 Å². The summed E-state index contributed by atoms with van der Waals surface area (Å²) < 4.78 is 40.5. The minimum Gasteiger partial charge on any atom is -0.479 e. The number of hydrogen-bond donors (Lipinski definition) is 4. The molecule has 12 nitrogen and oxygen atoms in total. The number of fused-ring (bicyclic) bond motifs is 1. The van der Waals surface area contributed by atoms with Crippen LogP contribution in [0.25, 0.3) is 22.3 Å². The third-order valence-corrected chi connectivity index (χ3v) is 6.93. The Morgan fingerprint density at radius 1 is 1.07 bits per heavy atom. The van der Waals surface area contributed by atoms with Crippen LogP contribution in [0.1, 0.15) is 11.8 Å². The van der Waals surface area contributed by atoms with Crippen molar-refractivity contribution in [2.45, 2.75) is 36.6 Å². The van der Waals surface area contributed by atoms with E-state index in [1.807, 2.05) is 0 Å². The first-order valence-electron chi connectivity index (χ1n) is 12.1. The van der Waals surface area contributed by atoms with Crippen LogP contribution < -0.4 is 5.73 Å². The molecule has 1 aliphatic rings. The summed E-state index contributed by atoms with van der Waals surface area (Å²) in [5.41, 5.74) is 4.81. The van der Waals surface area contributed by atoms with E-state index in [1.54, 1.807) is 24.3 Å². The predicted molar refractivity (Wildman–Crippen MR) is 139 cm³/mol. The van der Waals surface area contributed by atoms with Gasteiger partial charge >= 0.3 is 11.9 Å². The average Bonchev–Trinajstić information content (AvgIpc) is 3.47. The number of alkyl halides is 1. The van der Waals surface area contributed by atoms with Crippen molar-refractivity contribution in [1.29, 1.82) is 0 Å². The summed E-state index contributed by atoms with van der Waals surface area (Å²) in [6, 6.07) is 12.0. The number of aliphatic carboxylic acids is 2. The van der Waals surface area contributed by atoms with Crippen LogP contribution >= 0.6 is 11.6 Å². The highest BCUT2D eigenvalue weighted by Crippen LogP contribution is 2.35. The first-order valence-corrected chi connectivity index (χ1v) is 12.5. The molecule has 1 aliphatic heterocycles. The van der Waals surface area contributed by atoms with Crippen LogP contribution in [0.3, 0.4) is 0 Å². The minimum absolute atomic E-state index is 0.0263. The molecule has 0 spiro atoms. The highest BCUT2D eigenvalue weighted by molar-refractivity contribution is 6.28. The third kappa shape index (κ3) is 5.29. The van der Waals surface area contributed by atoms with E-state index in [-0.39, 0.29) is 22.3 Å². The molecule has 0 amide bonds. The van der Waals surface area contributed by atoms with Gasteiger partial charge < -0.3 is 30.5 Å². The van der Waals surface area contributed by atoms with Gasteiger partial charge in [0.25, 0.3) is 5.60 Å². The van der Waals surface area contributed by atoms with Crippen molar-refractivity contribution in [2.75, 3.05) is 12.3 Å². The topological polar surface area (TPSA) is 183 Å². The molecule has 3 heterocycles. The maximum absolute atomic E-state index is 15.2. The number of nitrogens with zero attached hydrogens (tertiary/aromatic N) is 4. The van der Waals surface area contributed by atoms with Gasteiger partial charge in [0.15, 0.2) is 23.9 Å². The molecule has 0 unspecified atom stereocenters. The van der Waals surface area contributed by atoms with Gasteiger partial charge in [-0.3, -0.25) is 4.57 Å². The number of imidazole rings is 1. The number of carbonyl (C=O) groups is 2. The van der Waals surface area contributed by atoms with E-state index < -0.39 is 61.0 Å². The number of hydrogen-bond acceptors (Lipinski definition) is 9. The Hall–Kier alpha value is -4.24. The zero-order valence-electron chi connectivity index (χ0n) is 20.9. The van der Waals surface area contributed by atoms with Crippen molar-refractivity contribution >= 4 is 40.5 Å². The number of carboxylic acid groups (broad SMARTS) is 2. The molecule has 0 aliphatic carbocycles. The lowest BCUT2D eigenvalue weighted by atomic mass is 9.93. The number of benzene rings is 2. The number of nitrogens with two attached hydrogens (primary N) is 1. The van der Waals surface area contributed by atoms with Crippen LogP contribution in [0, 0.1) is 5.82 Å². The molecule has 1 saturated heterocycles. The Morgan fingerprint density at radius 2 is 1.68 bits per heavy atom. The molecule has 2 aromatic carbocycles.